The molecule has 0 aromatic rings. The molecule has 6 N–H and O–H groups in total. The third-order valence-corrected chi connectivity index (χ3v) is 10.5. The van der Waals surface area contributed by atoms with Crippen molar-refractivity contribution in [1.29, 1.82) is 0 Å². The first kappa shape index (κ1) is 26.5. The van der Waals surface area contributed by atoms with E-state index in [1.807, 2.05) is 11.8 Å². The number of hydrogen-bond acceptors (Lipinski definition) is 8. The monoisotopic (exact) mass is 488 g/mol. The van der Waals surface area contributed by atoms with Crippen molar-refractivity contribution in [1.82, 2.24) is 10.6 Å². The Morgan fingerprint density at radius 3 is 2.30 bits per heavy atom. The van der Waals surface area contributed by atoms with Crippen molar-refractivity contribution in [3.05, 3.63) is 0 Å². The number of fused-ring (bicyclic) bond motifs is 1. The minimum atomic E-state index is -1.96. The minimum absolute atomic E-state index is 0.108. The maximum Gasteiger partial charge on any atom is 0.315 e. The van der Waals surface area contributed by atoms with E-state index in [9.17, 15) is 30.0 Å². The van der Waals surface area contributed by atoms with Crippen LogP contribution in [-0.2, 0) is 9.53 Å². The van der Waals surface area contributed by atoms with Gasteiger partial charge in [0.25, 0.3) is 0 Å². The Balaban J connectivity index is 1.52. The number of carbonyl (C=O) groups excluding carboxylic acids is 2. The Morgan fingerprint density at radius 2 is 1.67 bits per heavy atom. The molecule has 2 heterocycles. The zero-order valence-corrected chi connectivity index (χ0v) is 21.1. The van der Waals surface area contributed by atoms with Crippen molar-refractivity contribution in [3.63, 3.8) is 0 Å². The summed E-state index contributed by atoms with van der Waals surface area (Å²) >= 11 is 1.84. The van der Waals surface area contributed by atoms with Crippen LogP contribution >= 0.6 is 11.8 Å². The van der Waals surface area contributed by atoms with Gasteiger partial charge in [0.05, 0.1) is 25.3 Å². The molecular weight excluding hydrogens is 448 g/mol. The van der Waals surface area contributed by atoms with Gasteiger partial charge in [-0.15, -0.1) is 0 Å². The molecule has 10 heteroatoms. The molecule has 3 rings (SSSR count). The van der Waals surface area contributed by atoms with Crippen LogP contribution in [0.2, 0.25) is 0 Å². The summed E-state index contributed by atoms with van der Waals surface area (Å²) in [6.45, 7) is 7.04. The van der Waals surface area contributed by atoms with Crippen molar-refractivity contribution in [2.75, 3.05) is 19.0 Å². The predicted molar refractivity (Wildman–Crippen MR) is 125 cm³/mol. The number of aliphatic hydroxyl groups is 4. The second kappa shape index (κ2) is 8.86. The standard InChI is InChI=1S/C23H40N2O7S/c1-19(12-26)11-20(2,22(4,30)23(5,31)21(19,3)29)13-32-16(27)9-7-6-8-15-17-14(10-33-15)24-18(28)25-17/h14-15,17,26,29-31H,6-13H2,1-5H3,(H2,24,25,28)/t14-,15?,17-,19+,20?,21?,22?,23?/m0/s1. The van der Waals surface area contributed by atoms with Crippen molar-refractivity contribution < 1.29 is 34.8 Å². The molecule has 190 valence electrons. The maximum absolute atomic E-state index is 12.4. The molecule has 3 aliphatic rings. The van der Waals surface area contributed by atoms with Crippen LogP contribution in [0.15, 0.2) is 0 Å². The Labute approximate surface area is 200 Å². The molecule has 8 atom stereocenters. The van der Waals surface area contributed by atoms with Crippen molar-refractivity contribution in [3.8, 4) is 0 Å². The Morgan fingerprint density at radius 1 is 1.03 bits per heavy atom. The summed E-state index contributed by atoms with van der Waals surface area (Å²) in [4.78, 5) is 23.9. The molecule has 3 fully saturated rings. The number of aliphatic hydroxyl groups excluding tert-OH is 1. The largest absolute Gasteiger partial charge is 0.465 e. The average molecular weight is 489 g/mol. The van der Waals surface area contributed by atoms with E-state index in [2.05, 4.69) is 10.6 Å². The number of urea groups is 1. The SMILES string of the molecule is CC1(COC(=O)CCCCC2SC[C@@H]3NC(=O)N[C@H]23)C[C@](C)(CO)C(C)(O)C(C)(O)C1(C)O. The normalized spacial score (nSPS) is 47.1. The van der Waals surface area contributed by atoms with E-state index in [1.54, 1.807) is 13.8 Å². The van der Waals surface area contributed by atoms with Gasteiger partial charge in [-0.1, -0.05) is 20.3 Å². The highest BCUT2D eigenvalue weighted by atomic mass is 32.2. The first-order chi connectivity index (χ1) is 15.1. The number of ether oxygens (including phenoxy) is 1. The van der Waals surface area contributed by atoms with Gasteiger partial charge in [-0.3, -0.25) is 4.79 Å². The fourth-order valence-electron chi connectivity index (χ4n) is 5.83. The lowest BCUT2D eigenvalue weighted by Crippen LogP contribution is -2.79. The third kappa shape index (κ3) is 4.26. The molecule has 1 aliphatic carbocycles. The van der Waals surface area contributed by atoms with Crippen molar-refractivity contribution in [2.45, 2.75) is 101 Å². The van der Waals surface area contributed by atoms with E-state index in [-0.39, 0.29) is 43.5 Å². The number of nitrogens with one attached hydrogen (secondary N) is 2. The molecule has 0 aromatic heterocycles. The summed E-state index contributed by atoms with van der Waals surface area (Å²) < 4.78 is 5.53. The number of rotatable bonds is 8. The zero-order chi connectivity index (χ0) is 24.9. The zero-order valence-electron chi connectivity index (χ0n) is 20.3. The lowest BCUT2D eigenvalue weighted by Gasteiger charge is -2.66. The van der Waals surface area contributed by atoms with E-state index in [1.165, 1.54) is 20.8 Å². The summed E-state index contributed by atoms with van der Waals surface area (Å²) in [5.74, 6) is 0.514. The number of unbranched alkanes of at least 4 members (excludes halogenated alkanes) is 1. The van der Waals surface area contributed by atoms with Crippen LogP contribution in [-0.4, -0.2) is 85.5 Å². The second-order valence-corrected chi connectivity index (χ2v) is 12.5. The molecule has 1 saturated carbocycles. The smallest absolute Gasteiger partial charge is 0.315 e. The molecule has 9 nitrogen and oxygen atoms in total. The van der Waals surface area contributed by atoms with Crippen LogP contribution < -0.4 is 10.6 Å². The highest BCUT2D eigenvalue weighted by Crippen LogP contribution is 2.60. The maximum atomic E-state index is 12.4. The van der Waals surface area contributed by atoms with Gasteiger partial charge in [0.2, 0.25) is 0 Å². The van der Waals surface area contributed by atoms with Gasteiger partial charge < -0.3 is 35.8 Å². The molecule has 5 unspecified atom stereocenters. The second-order valence-electron chi connectivity index (χ2n) is 11.2. The molecule has 2 aliphatic heterocycles. The van der Waals surface area contributed by atoms with E-state index in [4.69, 9.17) is 4.74 Å². The predicted octanol–water partition coefficient (Wildman–Crippen LogP) is 0.917. The van der Waals surface area contributed by atoms with Gasteiger partial charge in [-0.25, -0.2) is 4.79 Å². The van der Waals surface area contributed by atoms with Gasteiger partial charge >= 0.3 is 12.0 Å². The molecule has 33 heavy (non-hydrogen) atoms. The number of amides is 2. The lowest BCUT2D eigenvalue weighted by molar-refractivity contribution is -0.340. The highest BCUT2D eigenvalue weighted by molar-refractivity contribution is 8.00. The Kier molecular flexibility index (Phi) is 7.12. The average Bonchev–Trinajstić information content (AvgIpc) is 3.27. The van der Waals surface area contributed by atoms with E-state index in [0.29, 0.717) is 11.7 Å². The van der Waals surface area contributed by atoms with Gasteiger partial charge in [0.15, 0.2) is 0 Å². The van der Waals surface area contributed by atoms with Crippen LogP contribution in [0, 0.1) is 10.8 Å². The summed E-state index contributed by atoms with van der Waals surface area (Å²) in [6, 6.07) is 0.224. The van der Waals surface area contributed by atoms with E-state index >= 15 is 0 Å². The number of esters is 1. The van der Waals surface area contributed by atoms with E-state index in [0.717, 1.165) is 18.6 Å². The summed E-state index contributed by atoms with van der Waals surface area (Å²) in [7, 11) is 0. The van der Waals surface area contributed by atoms with Crippen molar-refractivity contribution in [2.24, 2.45) is 10.8 Å². The first-order valence-electron chi connectivity index (χ1n) is 11.7. The van der Waals surface area contributed by atoms with Gasteiger partial charge in [-0.05, 0) is 40.0 Å². The van der Waals surface area contributed by atoms with Crippen LogP contribution in [0.25, 0.3) is 0 Å². The topological polar surface area (TPSA) is 148 Å². The Hall–Kier alpha value is -1.07. The third-order valence-electron chi connectivity index (χ3n) is 8.99. The summed E-state index contributed by atoms with van der Waals surface area (Å²) in [5, 5.41) is 49.8. The minimum Gasteiger partial charge on any atom is -0.465 e. The number of thioether (sulfide) groups is 1. The molecular formula is C23H40N2O7S. The Bertz CT molecular complexity index is 774. The van der Waals surface area contributed by atoms with Crippen LogP contribution in [0.5, 0.6) is 0 Å². The van der Waals surface area contributed by atoms with Gasteiger partial charge in [0, 0.05) is 28.3 Å². The fourth-order valence-corrected chi connectivity index (χ4v) is 7.37. The first-order valence-corrected chi connectivity index (χ1v) is 12.8. The van der Waals surface area contributed by atoms with E-state index < -0.39 is 34.2 Å². The molecule has 0 bridgehead atoms. The molecule has 0 radical (unpaired) electrons. The highest BCUT2D eigenvalue weighted by Gasteiger charge is 2.72. The number of carbonyl (C=O) groups is 2. The summed E-state index contributed by atoms with van der Waals surface area (Å²) in [5.41, 5.74) is -7.71. The molecule has 2 amide bonds. The molecule has 0 aromatic carbocycles. The fraction of sp³-hybridized carbons (Fsp3) is 0.913. The number of hydrogen-bond donors (Lipinski definition) is 6. The lowest BCUT2D eigenvalue weighted by atomic mass is 9.45. The van der Waals surface area contributed by atoms with Crippen molar-refractivity contribution >= 4 is 23.8 Å². The van der Waals surface area contributed by atoms with Crippen LogP contribution in [0.1, 0.15) is 66.7 Å². The quantitative estimate of drug-likeness (QED) is 0.168. The molecule has 0 spiro atoms. The molecule has 2 saturated heterocycles. The van der Waals surface area contributed by atoms with Gasteiger partial charge in [0.1, 0.15) is 16.8 Å². The summed E-state index contributed by atoms with van der Waals surface area (Å²) in [6.07, 6.45) is 2.78. The van der Waals surface area contributed by atoms with Crippen LogP contribution in [0.4, 0.5) is 4.79 Å². The van der Waals surface area contributed by atoms with Crippen LogP contribution in [0.3, 0.4) is 0 Å². The van der Waals surface area contributed by atoms with Gasteiger partial charge in [-0.2, -0.15) is 11.8 Å².